The SMILES string of the molecule is Cc1onc(CS(C)(=O)=O)c1C. The van der Waals surface area contributed by atoms with Crippen LogP contribution in [0.5, 0.6) is 0 Å². The van der Waals surface area contributed by atoms with Crippen molar-refractivity contribution in [2.45, 2.75) is 19.6 Å². The monoisotopic (exact) mass is 189 g/mol. The fourth-order valence-electron chi connectivity index (χ4n) is 0.847. The second kappa shape index (κ2) is 2.90. The van der Waals surface area contributed by atoms with Gasteiger partial charge in [0.05, 0.1) is 5.75 Å². The predicted octanol–water partition coefficient (Wildman–Crippen LogP) is 0.836. The summed E-state index contributed by atoms with van der Waals surface area (Å²) in [6, 6.07) is 0. The van der Waals surface area contributed by atoms with Crippen molar-refractivity contribution in [2.24, 2.45) is 0 Å². The van der Waals surface area contributed by atoms with Crippen LogP contribution in [0.3, 0.4) is 0 Å². The number of aromatic nitrogens is 1. The van der Waals surface area contributed by atoms with Gasteiger partial charge in [-0.1, -0.05) is 5.16 Å². The van der Waals surface area contributed by atoms with E-state index in [1.807, 2.05) is 0 Å². The third-order valence-corrected chi connectivity index (χ3v) is 2.45. The van der Waals surface area contributed by atoms with Gasteiger partial charge in [-0.15, -0.1) is 0 Å². The third-order valence-electron chi connectivity index (χ3n) is 1.65. The predicted molar refractivity (Wildman–Crippen MR) is 44.5 cm³/mol. The molecule has 1 aromatic rings. The van der Waals surface area contributed by atoms with Gasteiger partial charge >= 0.3 is 0 Å². The molecule has 1 rings (SSSR count). The number of hydrogen-bond acceptors (Lipinski definition) is 4. The molecule has 4 nitrogen and oxygen atoms in total. The van der Waals surface area contributed by atoms with E-state index in [4.69, 9.17) is 4.52 Å². The van der Waals surface area contributed by atoms with E-state index >= 15 is 0 Å². The first-order valence-electron chi connectivity index (χ1n) is 3.49. The van der Waals surface area contributed by atoms with E-state index in [1.165, 1.54) is 6.26 Å². The molecule has 0 aliphatic rings. The number of nitrogens with zero attached hydrogens (tertiary/aromatic N) is 1. The van der Waals surface area contributed by atoms with Gasteiger partial charge < -0.3 is 4.52 Å². The summed E-state index contributed by atoms with van der Waals surface area (Å²) in [6.07, 6.45) is 1.18. The lowest BCUT2D eigenvalue weighted by atomic mass is 10.2. The molecule has 0 radical (unpaired) electrons. The molecule has 0 amide bonds. The standard InChI is InChI=1S/C7H11NO3S/c1-5-6(2)11-8-7(5)4-12(3,9)10/h4H2,1-3H3. The first kappa shape index (κ1) is 9.25. The first-order chi connectivity index (χ1) is 5.40. The van der Waals surface area contributed by atoms with Crippen molar-refractivity contribution in [1.29, 1.82) is 0 Å². The van der Waals surface area contributed by atoms with Gasteiger partial charge in [0.15, 0.2) is 9.84 Å². The normalized spacial score (nSPS) is 11.9. The first-order valence-corrected chi connectivity index (χ1v) is 5.55. The lowest BCUT2D eigenvalue weighted by Gasteiger charge is -1.93. The molecule has 0 saturated heterocycles. The lowest BCUT2D eigenvalue weighted by molar-refractivity contribution is 0.391. The summed E-state index contributed by atoms with van der Waals surface area (Å²) in [5.74, 6) is 0.629. The van der Waals surface area contributed by atoms with Crippen LogP contribution in [0.4, 0.5) is 0 Å². The number of rotatable bonds is 2. The molecule has 0 unspecified atom stereocenters. The van der Waals surface area contributed by atoms with E-state index in [0.29, 0.717) is 11.5 Å². The molecule has 0 aliphatic carbocycles. The van der Waals surface area contributed by atoms with E-state index in [9.17, 15) is 8.42 Å². The van der Waals surface area contributed by atoms with Gasteiger partial charge in [-0.25, -0.2) is 8.42 Å². The van der Waals surface area contributed by atoms with E-state index in [1.54, 1.807) is 13.8 Å². The van der Waals surface area contributed by atoms with Crippen molar-refractivity contribution in [1.82, 2.24) is 5.16 Å². The number of sulfone groups is 1. The zero-order valence-electron chi connectivity index (χ0n) is 7.29. The van der Waals surface area contributed by atoms with Gasteiger partial charge in [0.2, 0.25) is 0 Å². The highest BCUT2D eigenvalue weighted by atomic mass is 32.2. The van der Waals surface area contributed by atoms with Gasteiger partial charge in [0, 0.05) is 11.8 Å². The minimum atomic E-state index is -3.01. The molecule has 68 valence electrons. The molecular formula is C7H11NO3S. The Labute approximate surface area is 71.5 Å². The second-order valence-corrected chi connectivity index (χ2v) is 5.02. The van der Waals surface area contributed by atoms with E-state index < -0.39 is 9.84 Å². The maximum Gasteiger partial charge on any atom is 0.153 e. The van der Waals surface area contributed by atoms with E-state index in [-0.39, 0.29) is 5.75 Å². The minimum Gasteiger partial charge on any atom is -0.361 e. The highest BCUT2D eigenvalue weighted by Crippen LogP contribution is 2.13. The molecule has 12 heavy (non-hydrogen) atoms. The quantitative estimate of drug-likeness (QED) is 0.691. The van der Waals surface area contributed by atoms with Crippen LogP contribution >= 0.6 is 0 Å². The van der Waals surface area contributed by atoms with Gasteiger partial charge in [0.25, 0.3) is 0 Å². The molecule has 0 spiro atoms. The van der Waals surface area contributed by atoms with Crippen LogP contribution in [0.25, 0.3) is 0 Å². The Morgan fingerprint density at radius 3 is 2.33 bits per heavy atom. The summed E-state index contributed by atoms with van der Waals surface area (Å²) in [5.41, 5.74) is 1.33. The van der Waals surface area contributed by atoms with Crippen LogP contribution in [0.1, 0.15) is 17.0 Å². The van der Waals surface area contributed by atoms with Crippen molar-refractivity contribution in [3.63, 3.8) is 0 Å². The molecule has 0 aliphatic heterocycles. The smallest absolute Gasteiger partial charge is 0.153 e. The molecule has 0 N–H and O–H groups in total. The maximum absolute atomic E-state index is 10.9. The van der Waals surface area contributed by atoms with Crippen LogP contribution < -0.4 is 0 Å². The number of aryl methyl sites for hydroxylation is 1. The Morgan fingerprint density at radius 1 is 1.42 bits per heavy atom. The third kappa shape index (κ3) is 2.07. The van der Waals surface area contributed by atoms with Crippen LogP contribution in [-0.2, 0) is 15.6 Å². The van der Waals surface area contributed by atoms with Crippen molar-refractivity contribution in [3.05, 3.63) is 17.0 Å². The number of hydrogen-bond donors (Lipinski definition) is 0. The molecular weight excluding hydrogens is 178 g/mol. The fraction of sp³-hybridized carbons (Fsp3) is 0.571. The Bertz CT molecular complexity index is 377. The van der Waals surface area contributed by atoms with Gasteiger partial charge in [-0.05, 0) is 13.8 Å². The Balaban J connectivity index is 2.99. The minimum absolute atomic E-state index is 0.0455. The summed E-state index contributed by atoms with van der Waals surface area (Å²) in [7, 11) is -3.01. The zero-order chi connectivity index (χ0) is 9.35. The molecule has 0 atom stereocenters. The molecule has 5 heteroatoms. The Morgan fingerprint density at radius 2 is 2.00 bits per heavy atom. The molecule has 1 heterocycles. The average molecular weight is 189 g/mol. The van der Waals surface area contributed by atoms with Crippen LogP contribution in [0.15, 0.2) is 4.52 Å². The van der Waals surface area contributed by atoms with E-state index in [0.717, 1.165) is 5.56 Å². The second-order valence-electron chi connectivity index (χ2n) is 2.88. The summed E-state index contributed by atoms with van der Waals surface area (Å²) in [5, 5.41) is 3.65. The Hall–Kier alpha value is -0.840. The highest BCUT2D eigenvalue weighted by molar-refractivity contribution is 7.89. The van der Waals surface area contributed by atoms with Gasteiger partial charge in [0.1, 0.15) is 11.5 Å². The van der Waals surface area contributed by atoms with E-state index in [2.05, 4.69) is 5.16 Å². The highest BCUT2D eigenvalue weighted by Gasteiger charge is 2.13. The largest absolute Gasteiger partial charge is 0.361 e. The van der Waals surface area contributed by atoms with Crippen molar-refractivity contribution >= 4 is 9.84 Å². The van der Waals surface area contributed by atoms with Crippen molar-refractivity contribution in [3.8, 4) is 0 Å². The van der Waals surface area contributed by atoms with Crippen LogP contribution in [0.2, 0.25) is 0 Å². The molecule has 0 aromatic carbocycles. The molecule has 0 bridgehead atoms. The summed E-state index contributed by atoms with van der Waals surface area (Å²) >= 11 is 0. The Kier molecular flexibility index (Phi) is 2.23. The fourth-order valence-corrected chi connectivity index (χ4v) is 1.61. The van der Waals surface area contributed by atoms with Crippen LogP contribution in [-0.4, -0.2) is 19.8 Å². The summed E-state index contributed by atoms with van der Waals surface area (Å²) in [4.78, 5) is 0. The topological polar surface area (TPSA) is 60.2 Å². The zero-order valence-corrected chi connectivity index (χ0v) is 8.10. The molecule has 0 fully saturated rings. The van der Waals surface area contributed by atoms with Crippen molar-refractivity contribution in [2.75, 3.05) is 6.26 Å². The van der Waals surface area contributed by atoms with Crippen LogP contribution in [0, 0.1) is 13.8 Å². The van der Waals surface area contributed by atoms with Crippen molar-refractivity contribution < 1.29 is 12.9 Å². The average Bonchev–Trinajstić information content (AvgIpc) is 2.16. The lowest BCUT2D eigenvalue weighted by Crippen LogP contribution is -2.02. The maximum atomic E-state index is 10.9. The molecule has 0 saturated carbocycles. The summed E-state index contributed by atoms with van der Waals surface area (Å²) < 4.78 is 26.6. The summed E-state index contributed by atoms with van der Waals surface area (Å²) in [6.45, 7) is 3.56. The molecule has 1 aromatic heterocycles. The van der Waals surface area contributed by atoms with Gasteiger partial charge in [-0.2, -0.15) is 0 Å². The van der Waals surface area contributed by atoms with Gasteiger partial charge in [-0.3, -0.25) is 0 Å².